The zero-order valence-corrected chi connectivity index (χ0v) is 28.4. The first-order valence-electron chi connectivity index (χ1n) is 14.9. The number of anilines is 1. The molecule has 45 heavy (non-hydrogen) atoms. The molecule has 1 heterocycles. The van der Waals surface area contributed by atoms with Gasteiger partial charge >= 0.3 is 0 Å². The molecule has 1 aliphatic rings. The smallest absolute Gasteiger partial charge is 0.268 e. The van der Waals surface area contributed by atoms with Gasteiger partial charge in [-0.1, -0.05) is 38.1 Å². The van der Waals surface area contributed by atoms with Crippen molar-refractivity contribution in [1.82, 2.24) is 4.90 Å². The summed E-state index contributed by atoms with van der Waals surface area (Å²) in [7, 11) is -2.16. The van der Waals surface area contributed by atoms with Crippen LogP contribution >= 0.6 is 0 Å². The molecule has 1 N–H and O–H groups in total. The first-order valence-corrected chi connectivity index (χ1v) is 18.0. The third-order valence-electron chi connectivity index (χ3n) is 8.53. The number of nitrogens with zero attached hydrogens (tertiary/aromatic N) is 2. The Hall–Kier alpha value is -3.32. The molecule has 0 radical (unpaired) electrons. The van der Waals surface area contributed by atoms with E-state index in [2.05, 4.69) is 4.90 Å². The van der Waals surface area contributed by atoms with E-state index in [4.69, 9.17) is 14.2 Å². The van der Waals surface area contributed by atoms with E-state index in [1.165, 1.54) is 17.0 Å². The van der Waals surface area contributed by atoms with E-state index < -0.39 is 36.5 Å². The molecule has 0 spiro atoms. The summed E-state index contributed by atoms with van der Waals surface area (Å²) < 4.78 is 80.2. The standard InChI is InChI=1S/C33H44N2O8S2/c1-24(2)32-28-10-7-8-11-29(28)35(4)33(32,23-44(36,37)38)45(39,40)27-15-13-26(14-16-27)43-21-9-19-34(3)20-18-25-12-17-30(41-5)31(22-25)42-6/h7-8,10-17,22,24,32H,9,18-21,23H2,1-6H3,(H,36,37,38). The maximum absolute atomic E-state index is 14.4. The molecule has 0 saturated heterocycles. The molecule has 4 rings (SSSR count). The Kier molecular flexibility index (Phi) is 10.7. The van der Waals surface area contributed by atoms with Gasteiger partial charge in [-0.3, -0.25) is 4.55 Å². The first-order chi connectivity index (χ1) is 21.2. The lowest BCUT2D eigenvalue weighted by atomic mass is 9.85. The van der Waals surface area contributed by atoms with E-state index in [1.807, 2.05) is 45.2 Å². The van der Waals surface area contributed by atoms with Crippen LogP contribution in [0.25, 0.3) is 0 Å². The number of likely N-dealkylation sites (N-methyl/N-ethyl adjacent to an activating group) is 2. The Labute approximate surface area is 267 Å². The molecule has 0 aromatic heterocycles. The van der Waals surface area contributed by atoms with Gasteiger partial charge in [0.1, 0.15) is 11.5 Å². The van der Waals surface area contributed by atoms with Crippen LogP contribution in [0.1, 0.15) is 37.3 Å². The largest absolute Gasteiger partial charge is 0.494 e. The molecule has 0 fully saturated rings. The summed E-state index contributed by atoms with van der Waals surface area (Å²) in [5.41, 5.74) is 2.50. The fraction of sp³-hybridized carbons (Fsp3) is 0.455. The minimum atomic E-state index is -4.69. The Bertz CT molecular complexity index is 1680. The van der Waals surface area contributed by atoms with Crippen LogP contribution in [0.2, 0.25) is 0 Å². The predicted molar refractivity (Wildman–Crippen MR) is 176 cm³/mol. The molecule has 0 saturated carbocycles. The van der Waals surface area contributed by atoms with Gasteiger partial charge < -0.3 is 24.0 Å². The van der Waals surface area contributed by atoms with E-state index in [0.717, 1.165) is 37.1 Å². The first kappa shape index (κ1) is 34.6. The Morgan fingerprint density at radius 1 is 0.933 bits per heavy atom. The minimum Gasteiger partial charge on any atom is -0.494 e. The molecular weight excluding hydrogens is 617 g/mol. The lowest BCUT2D eigenvalue weighted by Gasteiger charge is -2.41. The Morgan fingerprint density at radius 3 is 2.22 bits per heavy atom. The Balaban J connectivity index is 1.42. The maximum Gasteiger partial charge on any atom is 0.268 e. The number of rotatable bonds is 15. The SMILES string of the molecule is COc1ccc(CCN(C)CCCOc2ccc(S(=O)(=O)C3(CS(=O)(=O)O)C(C(C)C)c4ccccc4N3C)cc2)cc1OC. The summed E-state index contributed by atoms with van der Waals surface area (Å²) >= 11 is 0. The number of benzene rings is 3. The molecule has 2 unspecified atom stereocenters. The predicted octanol–water partition coefficient (Wildman–Crippen LogP) is 4.89. The Morgan fingerprint density at radius 2 is 1.60 bits per heavy atom. The van der Waals surface area contributed by atoms with Gasteiger partial charge in [-0.15, -0.1) is 0 Å². The van der Waals surface area contributed by atoms with Crippen LogP contribution in [0, 0.1) is 5.92 Å². The maximum atomic E-state index is 14.4. The number of methoxy groups -OCH3 is 2. The fourth-order valence-electron chi connectivity index (χ4n) is 6.38. The minimum absolute atomic E-state index is 0.0429. The summed E-state index contributed by atoms with van der Waals surface area (Å²) in [5.74, 6) is 0.00500. The van der Waals surface area contributed by atoms with Crippen molar-refractivity contribution in [3.63, 3.8) is 0 Å². The number of sulfone groups is 1. The van der Waals surface area contributed by atoms with Crippen LogP contribution in [-0.4, -0.2) is 84.9 Å². The molecular formula is C33H44N2O8S2. The van der Waals surface area contributed by atoms with Crippen molar-refractivity contribution in [3.8, 4) is 17.2 Å². The molecule has 3 aromatic carbocycles. The van der Waals surface area contributed by atoms with Crippen LogP contribution in [0.15, 0.2) is 71.6 Å². The molecule has 3 aromatic rings. The molecule has 0 amide bonds. The third kappa shape index (κ3) is 7.24. The van der Waals surface area contributed by atoms with Gasteiger partial charge in [0.15, 0.2) is 16.4 Å². The highest BCUT2D eigenvalue weighted by Crippen LogP contribution is 2.55. The van der Waals surface area contributed by atoms with Gasteiger partial charge in [0.25, 0.3) is 10.1 Å². The second-order valence-corrected chi connectivity index (χ2v) is 15.5. The number of hydrogen-bond acceptors (Lipinski definition) is 9. The van der Waals surface area contributed by atoms with Crippen LogP contribution in [0.5, 0.6) is 17.2 Å². The van der Waals surface area contributed by atoms with Gasteiger partial charge in [-0.2, -0.15) is 8.42 Å². The van der Waals surface area contributed by atoms with Crippen LogP contribution in [-0.2, 0) is 26.4 Å². The lowest BCUT2D eigenvalue weighted by molar-refractivity contribution is 0.264. The van der Waals surface area contributed by atoms with Crippen molar-refractivity contribution in [2.75, 3.05) is 58.7 Å². The number of para-hydroxylation sites is 1. The summed E-state index contributed by atoms with van der Waals surface area (Å²) in [6.45, 7) is 5.82. The van der Waals surface area contributed by atoms with E-state index >= 15 is 0 Å². The molecule has 246 valence electrons. The van der Waals surface area contributed by atoms with E-state index in [-0.39, 0.29) is 10.8 Å². The number of fused-ring (bicyclic) bond motifs is 1. The summed E-state index contributed by atoms with van der Waals surface area (Å²) in [4.78, 5) is 1.73. The van der Waals surface area contributed by atoms with Gasteiger partial charge in [0, 0.05) is 31.7 Å². The third-order valence-corrected chi connectivity index (χ3v) is 12.0. The molecule has 1 aliphatic heterocycles. The monoisotopic (exact) mass is 660 g/mol. The number of hydrogen-bond donors (Lipinski definition) is 1. The average molecular weight is 661 g/mol. The fourth-order valence-corrected chi connectivity index (χ4v) is 10.4. The summed E-state index contributed by atoms with van der Waals surface area (Å²) in [6.07, 6.45) is 1.61. The zero-order valence-electron chi connectivity index (χ0n) is 26.8. The van der Waals surface area contributed by atoms with E-state index in [0.29, 0.717) is 29.5 Å². The highest BCUT2D eigenvalue weighted by Gasteiger charge is 2.62. The van der Waals surface area contributed by atoms with E-state index in [1.54, 1.807) is 51.6 Å². The average Bonchev–Trinajstić information content (AvgIpc) is 3.26. The van der Waals surface area contributed by atoms with Crippen LogP contribution < -0.4 is 19.1 Å². The molecule has 12 heteroatoms. The molecule has 2 atom stereocenters. The second-order valence-electron chi connectivity index (χ2n) is 11.8. The van der Waals surface area contributed by atoms with Crippen LogP contribution in [0.4, 0.5) is 5.69 Å². The highest BCUT2D eigenvalue weighted by molar-refractivity contribution is 7.94. The summed E-state index contributed by atoms with van der Waals surface area (Å²) in [6, 6.07) is 19.2. The van der Waals surface area contributed by atoms with Crippen molar-refractivity contribution in [1.29, 1.82) is 0 Å². The second kappa shape index (κ2) is 14.0. The van der Waals surface area contributed by atoms with Crippen molar-refractivity contribution < 1.29 is 35.6 Å². The van der Waals surface area contributed by atoms with Gasteiger partial charge in [0.2, 0.25) is 9.84 Å². The molecule has 10 nitrogen and oxygen atoms in total. The normalized spacial score (nSPS) is 18.3. The number of ether oxygens (including phenoxy) is 3. The van der Waals surface area contributed by atoms with Crippen molar-refractivity contribution >= 4 is 25.6 Å². The van der Waals surface area contributed by atoms with Crippen molar-refractivity contribution in [2.45, 2.75) is 42.4 Å². The topological polar surface area (TPSA) is 123 Å². The highest BCUT2D eigenvalue weighted by atomic mass is 32.2. The van der Waals surface area contributed by atoms with Crippen molar-refractivity contribution in [2.24, 2.45) is 5.92 Å². The lowest BCUT2D eigenvalue weighted by Crippen LogP contribution is -2.58. The zero-order chi connectivity index (χ0) is 33.0. The molecule has 0 aliphatic carbocycles. The van der Waals surface area contributed by atoms with Crippen LogP contribution in [0.3, 0.4) is 0 Å². The van der Waals surface area contributed by atoms with Crippen molar-refractivity contribution in [3.05, 3.63) is 77.9 Å². The van der Waals surface area contributed by atoms with Gasteiger partial charge in [0.05, 0.1) is 25.7 Å². The quantitative estimate of drug-likeness (QED) is 0.178. The van der Waals surface area contributed by atoms with Gasteiger partial charge in [-0.05, 0) is 79.4 Å². The van der Waals surface area contributed by atoms with Gasteiger partial charge in [-0.25, -0.2) is 8.42 Å². The molecule has 0 bridgehead atoms. The summed E-state index contributed by atoms with van der Waals surface area (Å²) in [5, 5.41) is 0. The van der Waals surface area contributed by atoms with E-state index in [9.17, 15) is 21.4 Å².